The Morgan fingerprint density at radius 1 is 1.14 bits per heavy atom. The zero-order valence-corrected chi connectivity index (χ0v) is 12.3. The summed E-state index contributed by atoms with van der Waals surface area (Å²) in [6, 6.07) is 7.32. The summed E-state index contributed by atoms with van der Waals surface area (Å²) in [6.45, 7) is 3.77. The fraction of sp³-hybridized carbons (Fsp3) is 0.125. The van der Waals surface area contributed by atoms with Gasteiger partial charge in [0, 0.05) is 12.4 Å². The smallest absolute Gasteiger partial charge is 0.259 e. The van der Waals surface area contributed by atoms with Gasteiger partial charge in [0.1, 0.15) is 0 Å². The molecule has 6 heteroatoms. The molecule has 0 aliphatic rings. The molecular weight excluding hydrogens is 278 g/mol. The molecule has 0 aliphatic heterocycles. The third-order valence-electron chi connectivity index (χ3n) is 3.38. The van der Waals surface area contributed by atoms with Crippen LogP contribution >= 0.6 is 0 Å². The van der Waals surface area contributed by atoms with Crippen LogP contribution in [-0.4, -0.2) is 25.7 Å². The molecule has 3 aromatic rings. The van der Waals surface area contributed by atoms with Crippen LogP contribution in [0.25, 0.3) is 5.69 Å². The van der Waals surface area contributed by atoms with Crippen LogP contribution in [0.5, 0.6) is 0 Å². The van der Waals surface area contributed by atoms with Gasteiger partial charge >= 0.3 is 0 Å². The average molecular weight is 293 g/mol. The molecule has 1 N–H and O–H groups in total. The van der Waals surface area contributed by atoms with Crippen LogP contribution in [0.1, 0.15) is 21.7 Å². The molecule has 0 bridgehead atoms. The van der Waals surface area contributed by atoms with E-state index in [1.54, 1.807) is 41.6 Å². The fourth-order valence-electron chi connectivity index (χ4n) is 2.21. The minimum absolute atomic E-state index is 0.210. The van der Waals surface area contributed by atoms with Crippen molar-refractivity contribution in [2.24, 2.45) is 0 Å². The van der Waals surface area contributed by atoms with Crippen molar-refractivity contribution in [1.82, 2.24) is 19.7 Å². The highest BCUT2D eigenvalue weighted by atomic mass is 16.1. The number of carbonyl (C=O) groups is 1. The summed E-state index contributed by atoms with van der Waals surface area (Å²) in [5, 5.41) is 7.12. The van der Waals surface area contributed by atoms with Gasteiger partial charge in [-0.25, -0.2) is 4.68 Å². The molecule has 0 unspecified atom stereocenters. The minimum atomic E-state index is -0.210. The van der Waals surface area contributed by atoms with Gasteiger partial charge in [0.15, 0.2) is 0 Å². The molecule has 110 valence electrons. The lowest BCUT2D eigenvalue weighted by Crippen LogP contribution is -2.13. The van der Waals surface area contributed by atoms with Gasteiger partial charge in [0.2, 0.25) is 0 Å². The number of aryl methyl sites for hydroxylation is 1. The van der Waals surface area contributed by atoms with Crippen molar-refractivity contribution in [3.63, 3.8) is 0 Å². The van der Waals surface area contributed by atoms with Crippen LogP contribution in [0.2, 0.25) is 0 Å². The Morgan fingerprint density at radius 2 is 1.95 bits per heavy atom. The second-order valence-corrected chi connectivity index (χ2v) is 4.86. The van der Waals surface area contributed by atoms with Crippen LogP contribution in [0.15, 0.2) is 49.1 Å². The number of aromatic nitrogens is 4. The number of hydrogen-bond donors (Lipinski definition) is 1. The normalized spacial score (nSPS) is 10.5. The topological polar surface area (TPSA) is 72.7 Å². The van der Waals surface area contributed by atoms with Crippen LogP contribution in [-0.2, 0) is 0 Å². The maximum absolute atomic E-state index is 12.4. The Morgan fingerprint density at radius 3 is 2.68 bits per heavy atom. The summed E-state index contributed by atoms with van der Waals surface area (Å²) in [5.41, 5.74) is 3.65. The summed E-state index contributed by atoms with van der Waals surface area (Å²) in [4.78, 5) is 20.6. The first-order chi connectivity index (χ1) is 10.7. The van der Waals surface area contributed by atoms with Gasteiger partial charge in [0.05, 0.1) is 40.7 Å². The van der Waals surface area contributed by atoms with Crippen LogP contribution < -0.4 is 5.32 Å². The number of pyridine rings is 2. The maximum Gasteiger partial charge on any atom is 0.259 e. The Labute approximate surface area is 127 Å². The number of rotatable bonds is 3. The summed E-state index contributed by atoms with van der Waals surface area (Å²) < 4.78 is 1.72. The van der Waals surface area contributed by atoms with E-state index < -0.39 is 0 Å². The van der Waals surface area contributed by atoms with Gasteiger partial charge in [-0.15, -0.1) is 0 Å². The van der Waals surface area contributed by atoms with Crippen molar-refractivity contribution >= 4 is 11.6 Å². The predicted molar refractivity (Wildman–Crippen MR) is 83.0 cm³/mol. The lowest BCUT2D eigenvalue weighted by atomic mass is 10.2. The van der Waals surface area contributed by atoms with Crippen molar-refractivity contribution in [1.29, 1.82) is 0 Å². The van der Waals surface area contributed by atoms with Gasteiger partial charge in [-0.2, -0.15) is 5.10 Å². The lowest BCUT2D eigenvalue weighted by molar-refractivity contribution is 0.102. The number of carbonyl (C=O) groups excluding carboxylic acids is 1. The zero-order valence-electron chi connectivity index (χ0n) is 12.3. The molecule has 6 nitrogen and oxygen atoms in total. The molecule has 0 aromatic carbocycles. The van der Waals surface area contributed by atoms with Gasteiger partial charge < -0.3 is 5.32 Å². The van der Waals surface area contributed by atoms with Crippen LogP contribution in [0, 0.1) is 13.8 Å². The molecular formula is C16H15N5O. The Hall–Kier alpha value is -3.02. The van der Waals surface area contributed by atoms with Gasteiger partial charge in [-0.3, -0.25) is 14.8 Å². The Kier molecular flexibility index (Phi) is 3.65. The Balaban J connectivity index is 1.91. The molecule has 1 amide bonds. The summed E-state index contributed by atoms with van der Waals surface area (Å²) in [5.74, 6) is -0.210. The molecule has 0 saturated heterocycles. The van der Waals surface area contributed by atoms with E-state index in [1.165, 1.54) is 0 Å². The van der Waals surface area contributed by atoms with E-state index in [0.29, 0.717) is 11.3 Å². The molecule has 0 spiro atoms. The molecule has 0 aliphatic carbocycles. The SMILES string of the molecule is Cc1ncccc1-n1ncc(C(=O)Nc2cccnc2)c1C. The van der Waals surface area contributed by atoms with Crippen LogP contribution in [0.3, 0.4) is 0 Å². The van der Waals surface area contributed by atoms with Crippen molar-refractivity contribution in [2.75, 3.05) is 5.32 Å². The predicted octanol–water partition coefficient (Wildman–Crippen LogP) is 2.53. The number of nitrogens with one attached hydrogen (secondary N) is 1. The van der Waals surface area contributed by atoms with Crippen molar-refractivity contribution in [3.8, 4) is 5.69 Å². The first-order valence-electron chi connectivity index (χ1n) is 6.85. The second-order valence-electron chi connectivity index (χ2n) is 4.86. The molecule has 3 aromatic heterocycles. The van der Waals surface area contributed by atoms with E-state index in [9.17, 15) is 4.79 Å². The highest BCUT2D eigenvalue weighted by Gasteiger charge is 2.16. The third-order valence-corrected chi connectivity index (χ3v) is 3.38. The van der Waals surface area contributed by atoms with Crippen molar-refractivity contribution < 1.29 is 4.79 Å². The molecule has 0 radical (unpaired) electrons. The van der Waals surface area contributed by atoms with E-state index in [1.807, 2.05) is 26.0 Å². The minimum Gasteiger partial charge on any atom is -0.320 e. The largest absolute Gasteiger partial charge is 0.320 e. The van der Waals surface area contributed by atoms with E-state index in [4.69, 9.17) is 0 Å². The maximum atomic E-state index is 12.4. The number of amides is 1. The summed E-state index contributed by atoms with van der Waals surface area (Å²) in [6.07, 6.45) is 6.55. The van der Waals surface area contributed by atoms with Gasteiger partial charge in [-0.05, 0) is 38.1 Å². The average Bonchev–Trinajstić information content (AvgIpc) is 2.90. The van der Waals surface area contributed by atoms with Gasteiger partial charge in [0.25, 0.3) is 5.91 Å². The van der Waals surface area contributed by atoms with E-state index in [2.05, 4.69) is 20.4 Å². The number of nitrogens with zero attached hydrogens (tertiary/aromatic N) is 4. The molecule has 0 fully saturated rings. The number of hydrogen-bond acceptors (Lipinski definition) is 4. The van der Waals surface area contributed by atoms with Crippen molar-refractivity contribution in [2.45, 2.75) is 13.8 Å². The molecule has 3 heterocycles. The standard InChI is InChI=1S/C16H15N5O/c1-11-15(6-4-8-18-11)21-12(2)14(10-19-21)16(22)20-13-5-3-7-17-9-13/h3-10H,1-2H3,(H,20,22). The highest BCUT2D eigenvalue weighted by Crippen LogP contribution is 2.17. The Bertz CT molecular complexity index is 810. The van der Waals surface area contributed by atoms with E-state index in [0.717, 1.165) is 17.1 Å². The van der Waals surface area contributed by atoms with Crippen LogP contribution in [0.4, 0.5) is 5.69 Å². The number of anilines is 1. The van der Waals surface area contributed by atoms with E-state index >= 15 is 0 Å². The molecule has 0 atom stereocenters. The quantitative estimate of drug-likeness (QED) is 0.805. The zero-order chi connectivity index (χ0) is 15.5. The fourth-order valence-corrected chi connectivity index (χ4v) is 2.21. The summed E-state index contributed by atoms with van der Waals surface area (Å²) >= 11 is 0. The second kappa shape index (κ2) is 5.77. The van der Waals surface area contributed by atoms with Gasteiger partial charge in [-0.1, -0.05) is 0 Å². The first-order valence-corrected chi connectivity index (χ1v) is 6.85. The summed E-state index contributed by atoms with van der Waals surface area (Å²) in [7, 11) is 0. The highest BCUT2D eigenvalue weighted by molar-refractivity contribution is 6.04. The molecule has 22 heavy (non-hydrogen) atoms. The monoisotopic (exact) mass is 293 g/mol. The molecule has 0 saturated carbocycles. The van der Waals surface area contributed by atoms with Crippen molar-refractivity contribution in [3.05, 3.63) is 66.0 Å². The third kappa shape index (κ3) is 2.58. The molecule has 3 rings (SSSR count). The lowest BCUT2D eigenvalue weighted by Gasteiger charge is -2.08. The first kappa shape index (κ1) is 13.9. The van der Waals surface area contributed by atoms with E-state index in [-0.39, 0.29) is 5.91 Å².